The molecule has 1 aromatic heterocycles. The van der Waals surface area contributed by atoms with Crippen LogP contribution in [0.1, 0.15) is 38.5 Å². The van der Waals surface area contributed by atoms with Gasteiger partial charge in [-0.05, 0) is 25.5 Å². The lowest BCUT2D eigenvalue weighted by Crippen LogP contribution is -2.25. The van der Waals surface area contributed by atoms with Crippen LogP contribution in [0.2, 0.25) is 0 Å². The highest BCUT2D eigenvalue weighted by Gasteiger charge is 2.15. The molecule has 0 fully saturated rings. The summed E-state index contributed by atoms with van der Waals surface area (Å²) in [7, 11) is 1.61. The van der Waals surface area contributed by atoms with E-state index in [-0.39, 0.29) is 11.9 Å². The van der Waals surface area contributed by atoms with E-state index in [2.05, 4.69) is 5.32 Å². The molecular weight excluding hydrogens is 242 g/mol. The summed E-state index contributed by atoms with van der Waals surface area (Å²) in [5, 5.41) is 3.90. The lowest BCUT2D eigenvalue weighted by molar-refractivity contribution is -0.121. The quantitative estimate of drug-likeness (QED) is 0.897. The topological polar surface area (TPSA) is 51.5 Å². The Bertz CT molecular complexity index is 574. The number of para-hydroxylation sites is 1. The first-order valence-electron chi connectivity index (χ1n) is 6.51. The van der Waals surface area contributed by atoms with Crippen molar-refractivity contribution in [2.75, 3.05) is 7.11 Å². The number of fused-ring (bicyclic) bond motifs is 1. The summed E-state index contributed by atoms with van der Waals surface area (Å²) in [5.74, 6) is 1.49. The Hall–Kier alpha value is -1.97. The number of ether oxygens (including phenoxy) is 1. The number of carbonyl (C=O) groups is 1. The molecule has 0 spiro atoms. The molecule has 0 aliphatic carbocycles. The monoisotopic (exact) mass is 261 g/mol. The van der Waals surface area contributed by atoms with Crippen molar-refractivity contribution in [1.29, 1.82) is 0 Å². The molecule has 0 radical (unpaired) electrons. The summed E-state index contributed by atoms with van der Waals surface area (Å²) < 4.78 is 11.1. The van der Waals surface area contributed by atoms with Gasteiger partial charge in [0.25, 0.3) is 0 Å². The molecule has 2 aromatic rings. The first-order chi connectivity index (χ1) is 9.15. The van der Waals surface area contributed by atoms with Crippen LogP contribution in [0.5, 0.6) is 5.75 Å². The van der Waals surface area contributed by atoms with Crippen LogP contribution in [0.15, 0.2) is 28.7 Å². The maximum absolute atomic E-state index is 11.6. The first kappa shape index (κ1) is 13.5. The van der Waals surface area contributed by atoms with Crippen molar-refractivity contribution in [3.63, 3.8) is 0 Å². The van der Waals surface area contributed by atoms with Crippen LogP contribution in [0.3, 0.4) is 0 Å². The normalized spacial score (nSPS) is 12.4. The van der Waals surface area contributed by atoms with Crippen LogP contribution >= 0.6 is 0 Å². The maximum atomic E-state index is 11.6. The third-order valence-electron chi connectivity index (χ3n) is 3.03. The lowest BCUT2D eigenvalue weighted by Gasteiger charge is -2.10. The number of benzene rings is 1. The molecule has 0 aliphatic heterocycles. The van der Waals surface area contributed by atoms with Gasteiger partial charge in [-0.15, -0.1) is 0 Å². The summed E-state index contributed by atoms with van der Waals surface area (Å²) in [6.07, 6.45) is 1.38. The van der Waals surface area contributed by atoms with Crippen LogP contribution in [-0.4, -0.2) is 13.0 Å². The summed E-state index contributed by atoms with van der Waals surface area (Å²) in [4.78, 5) is 11.6. The van der Waals surface area contributed by atoms with Gasteiger partial charge in [-0.25, -0.2) is 0 Å². The minimum Gasteiger partial charge on any atom is -0.493 e. The fraction of sp³-hybridized carbons (Fsp3) is 0.400. The molecular formula is C15H19NO3. The van der Waals surface area contributed by atoms with Gasteiger partial charge in [0.05, 0.1) is 13.2 Å². The first-order valence-corrected chi connectivity index (χ1v) is 6.51. The van der Waals surface area contributed by atoms with E-state index in [1.165, 1.54) is 0 Å². The van der Waals surface area contributed by atoms with E-state index in [0.29, 0.717) is 12.2 Å². The number of furan rings is 1. The second kappa shape index (κ2) is 5.78. The van der Waals surface area contributed by atoms with Gasteiger partial charge in [-0.3, -0.25) is 4.79 Å². The van der Waals surface area contributed by atoms with Crippen LogP contribution < -0.4 is 10.1 Å². The van der Waals surface area contributed by atoms with Crippen molar-refractivity contribution < 1.29 is 13.9 Å². The van der Waals surface area contributed by atoms with E-state index in [9.17, 15) is 4.79 Å². The number of nitrogens with one attached hydrogen (secondary N) is 1. The minimum atomic E-state index is -0.142. The molecule has 1 heterocycles. The van der Waals surface area contributed by atoms with Crippen LogP contribution in [0.4, 0.5) is 0 Å². The molecule has 4 nitrogen and oxygen atoms in total. The van der Waals surface area contributed by atoms with Crippen molar-refractivity contribution in [3.05, 3.63) is 30.0 Å². The zero-order valence-corrected chi connectivity index (χ0v) is 11.5. The van der Waals surface area contributed by atoms with Gasteiger partial charge in [-0.1, -0.05) is 19.1 Å². The highest BCUT2D eigenvalue weighted by Crippen LogP contribution is 2.30. The zero-order valence-electron chi connectivity index (χ0n) is 11.5. The van der Waals surface area contributed by atoms with Crippen molar-refractivity contribution in [2.45, 2.75) is 32.7 Å². The van der Waals surface area contributed by atoms with Crippen molar-refractivity contribution >= 4 is 16.9 Å². The Morgan fingerprint density at radius 2 is 2.26 bits per heavy atom. The second-order valence-electron chi connectivity index (χ2n) is 4.57. The number of hydrogen-bond acceptors (Lipinski definition) is 3. The SMILES string of the molecule is CCCC(=O)NC(C)c1cc2cccc(OC)c2o1. The predicted octanol–water partition coefficient (Wildman–Crippen LogP) is 3.42. The van der Waals surface area contributed by atoms with E-state index in [1.807, 2.05) is 38.1 Å². The molecule has 1 amide bonds. The highest BCUT2D eigenvalue weighted by molar-refractivity contribution is 5.84. The number of amides is 1. The molecule has 1 N–H and O–H groups in total. The van der Waals surface area contributed by atoms with E-state index >= 15 is 0 Å². The number of rotatable bonds is 5. The van der Waals surface area contributed by atoms with E-state index < -0.39 is 0 Å². The van der Waals surface area contributed by atoms with Gasteiger partial charge < -0.3 is 14.5 Å². The van der Waals surface area contributed by atoms with E-state index in [4.69, 9.17) is 9.15 Å². The Morgan fingerprint density at radius 1 is 1.47 bits per heavy atom. The Balaban J connectivity index is 2.23. The van der Waals surface area contributed by atoms with E-state index in [0.717, 1.165) is 23.2 Å². The Kier molecular flexibility index (Phi) is 4.10. The van der Waals surface area contributed by atoms with Gasteiger partial charge in [0.2, 0.25) is 5.91 Å². The minimum absolute atomic E-state index is 0.0439. The van der Waals surface area contributed by atoms with Gasteiger partial charge in [-0.2, -0.15) is 0 Å². The summed E-state index contributed by atoms with van der Waals surface area (Å²) in [6, 6.07) is 7.54. The molecule has 0 aliphatic rings. The van der Waals surface area contributed by atoms with Gasteiger partial charge >= 0.3 is 0 Å². The third kappa shape index (κ3) is 2.89. The van der Waals surface area contributed by atoms with Gasteiger partial charge in [0.15, 0.2) is 11.3 Å². The number of hydrogen-bond donors (Lipinski definition) is 1. The molecule has 2 rings (SSSR count). The smallest absolute Gasteiger partial charge is 0.220 e. The molecule has 19 heavy (non-hydrogen) atoms. The Labute approximate surface area is 112 Å². The average Bonchev–Trinajstić information content (AvgIpc) is 2.82. The summed E-state index contributed by atoms with van der Waals surface area (Å²) in [6.45, 7) is 3.90. The molecule has 0 saturated carbocycles. The molecule has 102 valence electrons. The molecule has 0 saturated heterocycles. The van der Waals surface area contributed by atoms with Crippen LogP contribution in [0.25, 0.3) is 11.0 Å². The zero-order chi connectivity index (χ0) is 13.8. The third-order valence-corrected chi connectivity index (χ3v) is 3.03. The fourth-order valence-electron chi connectivity index (χ4n) is 2.04. The number of methoxy groups -OCH3 is 1. The molecule has 1 atom stereocenters. The Morgan fingerprint density at radius 3 is 2.95 bits per heavy atom. The average molecular weight is 261 g/mol. The van der Waals surface area contributed by atoms with Crippen molar-refractivity contribution in [3.8, 4) is 5.75 Å². The maximum Gasteiger partial charge on any atom is 0.220 e. The molecule has 1 aromatic carbocycles. The van der Waals surface area contributed by atoms with Gasteiger partial charge in [0, 0.05) is 11.8 Å². The second-order valence-corrected chi connectivity index (χ2v) is 4.57. The summed E-state index contributed by atoms with van der Waals surface area (Å²) in [5.41, 5.74) is 0.719. The van der Waals surface area contributed by atoms with Crippen LogP contribution in [0, 0.1) is 0 Å². The largest absolute Gasteiger partial charge is 0.493 e. The predicted molar refractivity (Wildman–Crippen MR) is 74.2 cm³/mol. The van der Waals surface area contributed by atoms with Crippen molar-refractivity contribution in [2.24, 2.45) is 0 Å². The summed E-state index contributed by atoms with van der Waals surface area (Å²) >= 11 is 0. The highest BCUT2D eigenvalue weighted by atomic mass is 16.5. The van der Waals surface area contributed by atoms with E-state index in [1.54, 1.807) is 7.11 Å². The standard InChI is InChI=1S/C15H19NO3/c1-4-6-14(17)16-10(2)13-9-11-7-5-8-12(18-3)15(11)19-13/h5,7-10H,4,6H2,1-3H3,(H,16,17). The van der Waals surface area contributed by atoms with Crippen LogP contribution in [-0.2, 0) is 4.79 Å². The molecule has 1 unspecified atom stereocenters. The van der Waals surface area contributed by atoms with Crippen molar-refractivity contribution in [1.82, 2.24) is 5.32 Å². The molecule has 4 heteroatoms. The molecule has 0 bridgehead atoms. The lowest BCUT2D eigenvalue weighted by atomic mass is 10.2. The number of carbonyl (C=O) groups excluding carboxylic acids is 1. The van der Waals surface area contributed by atoms with Gasteiger partial charge in [0.1, 0.15) is 5.76 Å². The fourth-order valence-corrected chi connectivity index (χ4v) is 2.04.